The highest BCUT2D eigenvalue weighted by atomic mass is 35.5. The van der Waals surface area contributed by atoms with Gasteiger partial charge in [-0.2, -0.15) is 0 Å². The van der Waals surface area contributed by atoms with Crippen LogP contribution in [0.25, 0.3) is 0 Å². The number of pyridine rings is 1. The summed E-state index contributed by atoms with van der Waals surface area (Å²) in [6, 6.07) is 20.9. The highest BCUT2D eigenvalue weighted by Crippen LogP contribution is 2.20. The molecular weight excluding hydrogens is 386 g/mol. The van der Waals surface area contributed by atoms with Gasteiger partial charge in [0, 0.05) is 22.2 Å². The third-order valence-corrected chi connectivity index (χ3v) is 5.42. The standard InChI is InChI=1S/C23H22ClN3O2/c24-21-6-2-1-5-19(21)17-29-20-10-8-18(9-11-20)23(28)27-15-13-26(14-16-27)22-7-3-4-12-25-22/h1-12H,13-17H2/p+1. The topological polar surface area (TPSA) is 46.9 Å². The Morgan fingerprint density at radius 2 is 1.66 bits per heavy atom. The van der Waals surface area contributed by atoms with E-state index >= 15 is 0 Å². The lowest BCUT2D eigenvalue weighted by Crippen LogP contribution is -2.50. The Kier molecular flexibility index (Phi) is 5.96. The van der Waals surface area contributed by atoms with Crippen LogP contribution in [0.1, 0.15) is 15.9 Å². The molecule has 0 radical (unpaired) electrons. The molecule has 1 aliphatic heterocycles. The number of nitrogens with one attached hydrogen (secondary N) is 1. The lowest BCUT2D eigenvalue weighted by atomic mass is 10.1. The van der Waals surface area contributed by atoms with Crippen molar-refractivity contribution in [2.45, 2.75) is 6.61 Å². The number of hydrogen-bond donors (Lipinski definition) is 0. The highest BCUT2D eigenvalue weighted by Gasteiger charge is 2.26. The van der Waals surface area contributed by atoms with Gasteiger partial charge in [0.2, 0.25) is 0 Å². The minimum Gasteiger partial charge on any atom is -0.489 e. The van der Waals surface area contributed by atoms with Crippen LogP contribution in [-0.4, -0.2) is 37.0 Å². The summed E-state index contributed by atoms with van der Waals surface area (Å²) in [4.78, 5) is 20.2. The minimum absolute atomic E-state index is 0.0549. The third-order valence-electron chi connectivity index (χ3n) is 5.05. The average molecular weight is 409 g/mol. The fourth-order valence-electron chi connectivity index (χ4n) is 3.38. The van der Waals surface area contributed by atoms with E-state index in [0.29, 0.717) is 36.0 Å². The first kappa shape index (κ1) is 19.3. The summed E-state index contributed by atoms with van der Waals surface area (Å²) < 4.78 is 5.80. The highest BCUT2D eigenvalue weighted by molar-refractivity contribution is 6.31. The molecule has 0 saturated carbocycles. The van der Waals surface area contributed by atoms with Crippen molar-refractivity contribution in [1.82, 2.24) is 4.90 Å². The van der Waals surface area contributed by atoms with Gasteiger partial charge in [-0.1, -0.05) is 35.9 Å². The van der Waals surface area contributed by atoms with E-state index in [1.807, 2.05) is 71.8 Å². The van der Waals surface area contributed by atoms with Gasteiger partial charge < -0.3 is 9.64 Å². The zero-order valence-electron chi connectivity index (χ0n) is 16.1. The van der Waals surface area contributed by atoms with Crippen LogP contribution in [-0.2, 0) is 6.61 Å². The first-order valence-corrected chi connectivity index (χ1v) is 10.1. The van der Waals surface area contributed by atoms with Crippen molar-refractivity contribution in [2.75, 3.05) is 31.1 Å². The van der Waals surface area contributed by atoms with Crippen LogP contribution in [0.5, 0.6) is 5.75 Å². The molecule has 0 spiro atoms. The maximum absolute atomic E-state index is 12.8. The van der Waals surface area contributed by atoms with Crippen molar-refractivity contribution in [3.05, 3.63) is 89.1 Å². The van der Waals surface area contributed by atoms with Gasteiger partial charge in [0.1, 0.15) is 25.4 Å². The number of nitrogens with zero attached hydrogens (tertiary/aromatic N) is 2. The predicted octanol–water partition coefficient (Wildman–Crippen LogP) is 3.70. The number of H-pyrrole nitrogens is 1. The first-order valence-electron chi connectivity index (χ1n) is 9.68. The molecule has 1 saturated heterocycles. The number of aromatic nitrogens is 1. The van der Waals surface area contributed by atoms with Gasteiger partial charge in [0.05, 0.1) is 19.3 Å². The van der Waals surface area contributed by atoms with Crippen molar-refractivity contribution >= 4 is 23.3 Å². The molecule has 1 N–H and O–H groups in total. The summed E-state index contributed by atoms with van der Waals surface area (Å²) in [5.74, 6) is 1.85. The van der Waals surface area contributed by atoms with Gasteiger partial charge in [-0.3, -0.25) is 9.69 Å². The quantitative estimate of drug-likeness (QED) is 0.646. The number of aromatic amines is 1. The number of piperazine rings is 1. The van der Waals surface area contributed by atoms with Gasteiger partial charge in [0.25, 0.3) is 11.7 Å². The van der Waals surface area contributed by atoms with Crippen LogP contribution >= 0.6 is 11.6 Å². The summed E-state index contributed by atoms with van der Waals surface area (Å²) in [6.07, 6.45) is 1.92. The summed E-state index contributed by atoms with van der Waals surface area (Å²) in [6.45, 7) is 3.42. The molecule has 0 atom stereocenters. The third kappa shape index (κ3) is 4.69. The zero-order chi connectivity index (χ0) is 20.1. The summed E-state index contributed by atoms with van der Waals surface area (Å²) >= 11 is 6.16. The number of anilines is 1. The van der Waals surface area contributed by atoms with Crippen LogP contribution in [0.4, 0.5) is 5.82 Å². The van der Waals surface area contributed by atoms with Crippen molar-refractivity contribution in [3.63, 3.8) is 0 Å². The summed E-state index contributed by atoms with van der Waals surface area (Å²) in [5.41, 5.74) is 1.61. The first-order chi connectivity index (χ1) is 14.2. The van der Waals surface area contributed by atoms with E-state index in [1.165, 1.54) is 0 Å². The molecule has 0 bridgehead atoms. The van der Waals surface area contributed by atoms with E-state index in [4.69, 9.17) is 16.3 Å². The second-order valence-corrected chi connectivity index (χ2v) is 7.34. The molecule has 2 heterocycles. The summed E-state index contributed by atoms with van der Waals surface area (Å²) in [7, 11) is 0. The molecule has 1 amide bonds. The lowest BCUT2D eigenvalue weighted by molar-refractivity contribution is -0.364. The molecule has 1 aliphatic rings. The molecular formula is C23H23ClN3O2+. The number of carbonyl (C=O) groups is 1. The van der Waals surface area contributed by atoms with Crippen LogP contribution < -0.4 is 14.6 Å². The Balaban J connectivity index is 1.32. The lowest BCUT2D eigenvalue weighted by Gasteiger charge is -2.31. The van der Waals surface area contributed by atoms with Crippen LogP contribution in [0.15, 0.2) is 72.9 Å². The van der Waals surface area contributed by atoms with Gasteiger partial charge in [-0.15, -0.1) is 0 Å². The average Bonchev–Trinajstić information content (AvgIpc) is 2.79. The predicted molar refractivity (Wildman–Crippen MR) is 113 cm³/mol. The number of hydrogen-bond acceptors (Lipinski definition) is 3. The van der Waals surface area contributed by atoms with Crippen molar-refractivity contribution < 1.29 is 14.5 Å². The maximum atomic E-state index is 12.8. The van der Waals surface area contributed by atoms with Crippen LogP contribution in [0.3, 0.4) is 0 Å². The van der Waals surface area contributed by atoms with E-state index in [-0.39, 0.29) is 5.91 Å². The van der Waals surface area contributed by atoms with Crippen LogP contribution in [0, 0.1) is 0 Å². The van der Waals surface area contributed by atoms with Crippen molar-refractivity contribution in [3.8, 4) is 5.75 Å². The number of benzene rings is 2. The van der Waals surface area contributed by atoms with Crippen LogP contribution in [0.2, 0.25) is 5.02 Å². The maximum Gasteiger partial charge on any atom is 0.274 e. The number of amides is 1. The van der Waals surface area contributed by atoms with Gasteiger partial charge in [-0.25, -0.2) is 4.98 Å². The van der Waals surface area contributed by atoms with Crippen molar-refractivity contribution in [1.29, 1.82) is 0 Å². The Morgan fingerprint density at radius 1 is 0.931 bits per heavy atom. The molecule has 5 nitrogen and oxygen atoms in total. The fraction of sp³-hybridized carbons (Fsp3) is 0.217. The monoisotopic (exact) mass is 408 g/mol. The molecule has 0 aliphatic carbocycles. The number of ether oxygens (including phenoxy) is 1. The molecule has 0 unspecified atom stereocenters. The SMILES string of the molecule is O=C(c1ccc(OCc2ccccc2Cl)cc1)N1CCN(c2cccc[nH+]2)CC1. The molecule has 1 aromatic heterocycles. The molecule has 4 rings (SSSR count). The van der Waals surface area contributed by atoms with Crippen molar-refractivity contribution in [2.24, 2.45) is 0 Å². The second kappa shape index (κ2) is 8.97. The van der Waals surface area contributed by atoms with E-state index in [2.05, 4.69) is 16.0 Å². The van der Waals surface area contributed by atoms with E-state index in [1.54, 1.807) is 0 Å². The Labute approximate surface area is 175 Å². The number of rotatable bonds is 5. The van der Waals surface area contributed by atoms with E-state index in [0.717, 1.165) is 24.5 Å². The molecule has 148 valence electrons. The fourth-order valence-corrected chi connectivity index (χ4v) is 3.57. The molecule has 1 fully saturated rings. The minimum atomic E-state index is 0.0549. The zero-order valence-corrected chi connectivity index (χ0v) is 16.8. The molecule has 6 heteroatoms. The Hall–Kier alpha value is -3.05. The normalized spacial score (nSPS) is 14.0. The Bertz CT molecular complexity index is 955. The largest absolute Gasteiger partial charge is 0.489 e. The smallest absolute Gasteiger partial charge is 0.274 e. The second-order valence-electron chi connectivity index (χ2n) is 6.93. The Morgan fingerprint density at radius 3 is 2.34 bits per heavy atom. The van der Waals surface area contributed by atoms with E-state index < -0.39 is 0 Å². The molecule has 3 aromatic rings. The molecule has 29 heavy (non-hydrogen) atoms. The number of carbonyl (C=O) groups excluding carboxylic acids is 1. The van der Waals surface area contributed by atoms with Gasteiger partial charge in [-0.05, 0) is 36.4 Å². The summed E-state index contributed by atoms with van der Waals surface area (Å²) in [5, 5.41) is 0.687. The van der Waals surface area contributed by atoms with Gasteiger partial charge >= 0.3 is 0 Å². The van der Waals surface area contributed by atoms with Gasteiger partial charge in [0.15, 0.2) is 0 Å². The number of halogens is 1. The van der Waals surface area contributed by atoms with E-state index in [9.17, 15) is 4.79 Å². The molecule has 2 aromatic carbocycles.